The van der Waals surface area contributed by atoms with Crippen molar-refractivity contribution in [2.75, 3.05) is 28.4 Å². The van der Waals surface area contributed by atoms with E-state index in [2.05, 4.69) is 9.46 Å². The first-order valence-corrected chi connectivity index (χ1v) is 13.0. The van der Waals surface area contributed by atoms with Crippen molar-refractivity contribution in [3.05, 3.63) is 52.0 Å². The maximum atomic E-state index is 13.1. The summed E-state index contributed by atoms with van der Waals surface area (Å²) in [5, 5.41) is 0.113. The van der Waals surface area contributed by atoms with Gasteiger partial charge in [0, 0.05) is 6.54 Å². The first-order chi connectivity index (χ1) is 14.5. The Bertz CT molecular complexity index is 1220. The molecule has 1 saturated heterocycles. The van der Waals surface area contributed by atoms with Gasteiger partial charge in [-0.15, -0.1) is 0 Å². The van der Waals surface area contributed by atoms with Crippen LogP contribution in [0.15, 0.2) is 35.2 Å². The van der Waals surface area contributed by atoms with E-state index in [-0.39, 0.29) is 26.9 Å². The minimum Gasteiger partial charge on any atom is -0.465 e. The molecule has 0 aromatic heterocycles. The molecular weight excluding hydrogens is 464 g/mol. The van der Waals surface area contributed by atoms with Crippen LogP contribution in [-0.2, 0) is 24.8 Å². The van der Waals surface area contributed by atoms with Gasteiger partial charge in [0.2, 0.25) is 10.0 Å². The molecular formula is C20H23ClN2O6S2. The largest absolute Gasteiger partial charge is 0.465 e. The first-order valence-electron chi connectivity index (χ1n) is 9.48. The number of halogens is 1. The van der Waals surface area contributed by atoms with E-state index in [4.69, 9.17) is 11.6 Å². The van der Waals surface area contributed by atoms with Gasteiger partial charge in [0.25, 0.3) is 10.0 Å². The molecule has 0 spiro atoms. The smallest absolute Gasteiger partial charge is 0.337 e. The van der Waals surface area contributed by atoms with Gasteiger partial charge in [-0.3, -0.25) is 9.03 Å². The number of sulfonamides is 2. The summed E-state index contributed by atoms with van der Waals surface area (Å²) in [5.41, 5.74) is 1.40. The van der Waals surface area contributed by atoms with Crippen LogP contribution in [0.1, 0.15) is 34.3 Å². The van der Waals surface area contributed by atoms with Crippen molar-refractivity contribution in [3.63, 3.8) is 0 Å². The molecule has 1 aliphatic heterocycles. The lowest BCUT2D eigenvalue weighted by atomic mass is 10.1. The van der Waals surface area contributed by atoms with Gasteiger partial charge in [-0.05, 0) is 68.1 Å². The topological polar surface area (TPSA) is 110 Å². The number of hydrogen-bond donors (Lipinski definition) is 1. The molecule has 168 valence electrons. The second-order valence-corrected chi connectivity index (χ2v) is 11.3. The molecule has 2 aromatic carbocycles. The van der Waals surface area contributed by atoms with Crippen LogP contribution in [0.25, 0.3) is 0 Å². The van der Waals surface area contributed by atoms with Crippen LogP contribution in [0.4, 0.5) is 11.4 Å². The highest BCUT2D eigenvalue weighted by molar-refractivity contribution is 7.93. The zero-order valence-corrected chi connectivity index (χ0v) is 19.7. The predicted octanol–water partition coefficient (Wildman–Crippen LogP) is 3.47. The lowest BCUT2D eigenvalue weighted by Crippen LogP contribution is -2.38. The van der Waals surface area contributed by atoms with Crippen molar-refractivity contribution in [1.82, 2.24) is 0 Å². The average molecular weight is 487 g/mol. The maximum absolute atomic E-state index is 13.1. The Kier molecular flexibility index (Phi) is 6.54. The average Bonchev–Trinajstić information content (AvgIpc) is 2.67. The molecule has 2 aromatic rings. The highest BCUT2D eigenvalue weighted by atomic mass is 35.5. The second kappa shape index (κ2) is 8.68. The number of nitrogens with zero attached hydrogens (tertiary/aromatic N) is 1. The van der Waals surface area contributed by atoms with E-state index in [0.717, 1.165) is 6.42 Å². The monoisotopic (exact) mass is 486 g/mol. The SMILES string of the molecule is COC(=O)c1ccc(Cl)c(NS(=O)(=O)c2c(C)cc(N3CCCCS3(=O)=O)cc2C)c1. The molecule has 0 amide bonds. The Hall–Kier alpha value is -2.30. The summed E-state index contributed by atoms with van der Waals surface area (Å²) in [4.78, 5) is 11.8. The maximum Gasteiger partial charge on any atom is 0.337 e. The predicted molar refractivity (Wildman–Crippen MR) is 120 cm³/mol. The summed E-state index contributed by atoms with van der Waals surface area (Å²) in [6, 6.07) is 7.23. The number of rotatable bonds is 5. The van der Waals surface area contributed by atoms with Crippen molar-refractivity contribution < 1.29 is 26.4 Å². The number of methoxy groups -OCH3 is 1. The lowest BCUT2D eigenvalue weighted by molar-refractivity contribution is 0.0600. The van der Waals surface area contributed by atoms with Gasteiger partial charge in [-0.2, -0.15) is 0 Å². The van der Waals surface area contributed by atoms with E-state index in [1.807, 2.05) is 0 Å². The molecule has 8 nitrogen and oxygen atoms in total. The van der Waals surface area contributed by atoms with Gasteiger partial charge >= 0.3 is 5.97 Å². The number of esters is 1. The highest BCUT2D eigenvalue weighted by Crippen LogP contribution is 2.32. The van der Waals surface area contributed by atoms with Crippen LogP contribution in [0, 0.1) is 13.8 Å². The van der Waals surface area contributed by atoms with Crippen molar-refractivity contribution in [2.24, 2.45) is 0 Å². The number of carbonyl (C=O) groups is 1. The van der Waals surface area contributed by atoms with Crippen LogP contribution in [-0.4, -0.2) is 42.2 Å². The second-order valence-electron chi connectivity index (χ2n) is 7.30. The summed E-state index contributed by atoms with van der Waals surface area (Å²) in [7, 11) is -6.28. The standard InChI is InChI=1S/C20H23ClN2O6S2/c1-13-10-16(23-8-4-5-9-30(23,25)26)11-14(2)19(13)31(27,28)22-18-12-15(20(24)29-3)6-7-17(18)21/h6-7,10-12,22H,4-5,8-9H2,1-3H3. The molecule has 0 aliphatic carbocycles. The van der Waals surface area contributed by atoms with E-state index in [9.17, 15) is 21.6 Å². The third kappa shape index (κ3) is 4.81. The molecule has 1 fully saturated rings. The number of nitrogens with one attached hydrogen (secondary N) is 1. The van der Waals surface area contributed by atoms with E-state index in [0.29, 0.717) is 29.8 Å². The Morgan fingerprint density at radius 1 is 1.13 bits per heavy atom. The van der Waals surface area contributed by atoms with E-state index in [1.165, 1.54) is 29.6 Å². The molecule has 0 atom stereocenters. The Morgan fingerprint density at radius 2 is 1.77 bits per heavy atom. The molecule has 31 heavy (non-hydrogen) atoms. The van der Waals surface area contributed by atoms with E-state index >= 15 is 0 Å². The van der Waals surface area contributed by atoms with Gasteiger partial charge in [0.15, 0.2) is 0 Å². The lowest BCUT2D eigenvalue weighted by Gasteiger charge is -2.29. The number of hydrogen-bond acceptors (Lipinski definition) is 6. The van der Waals surface area contributed by atoms with E-state index < -0.39 is 26.0 Å². The number of ether oxygens (including phenoxy) is 1. The van der Waals surface area contributed by atoms with Gasteiger partial charge < -0.3 is 4.74 Å². The Labute approximate surface area is 187 Å². The number of carbonyl (C=O) groups excluding carboxylic acids is 1. The minimum atomic E-state index is -4.08. The van der Waals surface area contributed by atoms with Crippen LogP contribution in [0.5, 0.6) is 0 Å². The zero-order chi connectivity index (χ0) is 23.0. The number of aryl methyl sites for hydroxylation is 2. The Morgan fingerprint density at radius 3 is 2.35 bits per heavy atom. The molecule has 0 radical (unpaired) electrons. The molecule has 0 saturated carbocycles. The van der Waals surface area contributed by atoms with Crippen molar-refractivity contribution >= 4 is 49.0 Å². The van der Waals surface area contributed by atoms with Crippen LogP contribution < -0.4 is 9.03 Å². The summed E-state index contributed by atoms with van der Waals surface area (Å²) in [5.74, 6) is -0.557. The van der Waals surface area contributed by atoms with Crippen molar-refractivity contribution in [3.8, 4) is 0 Å². The fourth-order valence-corrected chi connectivity index (χ4v) is 6.99. The fourth-order valence-electron chi connectivity index (χ4n) is 3.62. The highest BCUT2D eigenvalue weighted by Gasteiger charge is 2.28. The molecule has 1 heterocycles. The third-order valence-corrected chi connectivity index (χ3v) is 8.85. The summed E-state index contributed by atoms with van der Waals surface area (Å²) in [6.07, 6.45) is 1.35. The van der Waals surface area contributed by atoms with Crippen molar-refractivity contribution in [1.29, 1.82) is 0 Å². The van der Waals surface area contributed by atoms with Crippen LogP contribution in [0.2, 0.25) is 5.02 Å². The first kappa shape index (κ1) is 23.4. The molecule has 0 unspecified atom stereocenters. The molecule has 0 bridgehead atoms. The van der Waals surface area contributed by atoms with Gasteiger partial charge in [0.1, 0.15) is 0 Å². The van der Waals surface area contributed by atoms with Gasteiger partial charge in [-0.25, -0.2) is 21.6 Å². The number of anilines is 2. The van der Waals surface area contributed by atoms with E-state index in [1.54, 1.807) is 26.0 Å². The molecule has 3 rings (SSSR count). The van der Waals surface area contributed by atoms with Crippen LogP contribution >= 0.6 is 11.6 Å². The minimum absolute atomic E-state index is 0.0187. The van der Waals surface area contributed by atoms with Gasteiger partial charge in [0.05, 0.1) is 39.7 Å². The van der Waals surface area contributed by atoms with Crippen molar-refractivity contribution in [2.45, 2.75) is 31.6 Å². The normalized spacial score (nSPS) is 16.1. The van der Waals surface area contributed by atoms with Crippen LogP contribution in [0.3, 0.4) is 0 Å². The summed E-state index contributed by atoms with van der Waals surface area (Å²) in [6.45, 7) is 3.57. The fraction of sp³-hybridized carbons (Fsp3) is 0.350. The Balaban J connectivity index is 2.00. The molecule has 1 aliphatic rings. The quantitative estimate of drug-likeness (QED) is 0.648. The molecule has 1 N–H and O–H groups in total. The number of benzene rings is 2. The van der Waals surface area contributed by atoms with Gasteiger partial charge in [-0.1, -0.05) is 11.6 Å². The summed E-state index contributed by atoms with van der Waals surface area (Å²) >= 11 is 6.12. The molecule has 11 heteroatoms. The summed E-state index contributed by atoms with van der Waals surface area (Å²) < 4.78 is 59.5. The third-order valence-electron chi connectivity index (χ3n) is 4.98. The zero-order valence-electron chi connectivity index (χ0n) is 17.3.